The van der Waals surface area contributed by atoms with Crippen LogP contribution in [0.4, 0.5) is 10.5 Å². The fourth-order valence-electron chi connectivity index (χ4n) is 1.93. The molecule has 0 aliphatic carbocycles. The van der Waals surface area contributed by atoms with Crippen molar-refractivity contribution in [2.24, 2.45) is 0 Å². The Morgan fingerprint density at radius 1 is 1.32 bits per heavy atom. The zero-order valence-electron chi connectivity index (χ0n) is 12.2. The molecule has 0 fully saturated rings. The van der Waals surface area contributed by atoms with Gasteiger partial charge < -0.3 is 15.4 Å². The molecular formula is C16H16BrClN2O2. The molecule has 6 heteroatoms. The average Bonchev–Trinajstić information content (AvgIpc) is 2.49. The maximum atomic E-state index is 12.0. The topological polar surface area (TPSA) is 50.4 Å². The van der Waals surface area contributed by atoms with Gasteiger partial charge in [0.15, 0.2) is 0 Å². The van der Waals surface area contributed by atoms with E-state index in [9.17, 15) is 4.79 Å². The summed E-state index contributed by atoms with van der Waals surface area (Å²) in [4.78, 5) is 12.0. The minimum absolute atomic E-state index is 0.306. The number of hydrogen-bond donors (Lipinski definition) is 2. The number of ether oxygens (including phenoxy) is 1. The van der Waals surface area contributed by atoms with Crippen LogP contribution >= 0.6 is 27.5 Å². The highest BCUT2D eigenvalue weighted by Gasteiger charge is 2.10. The van der Waals surface area contributed by atoms with Crippen LogP contribution in [0.15, 0.2) is 40.9 Å². The van der Waals surface area contributed by atoms with Crippen LogP contribution < -0.4 is 15.4 Å². The van der Waals surface area contributed by atoms with Crippen LogP contribution in [0.25, 0.3) is 0 Å². The first-order chi connectivity index (χ1) is 10.5. The number of carbonyl (C=O) groups excluding carboxylic acids is 1. The fourth-order valence-corrected chi connectivity index (χ4v) is 2.53. The molecule has 2 N–H and O–H groups in total. The van der Waals surface area contributed by atoms with E-state index in [-0.39, 0.29) is 6.03 Å². The summed E-state index contributed by atoms with van der Waals surface area (Å²) >= 11 is 9.44. The van der Waals surface area contributed by atoms with Gasteiger partial charge >= 0.3 is 6.03 Å². The third-order valence-electron chi connectivity index (χ3n) is 3.07. The minimum atomic E-state index is -0.306. The van der Waals surface area contributed by atoms with E-state index in [1.54, 1.807) is 12.1 Å². The number of amides is 2. The van der Waals surface area contributed by atoms with Crippen LogP contribution in [0.3, 0.4) is 0 Å². The summed E-state index contributed by atoms with van der Waals surface area (Å²) < 4.78 is 6.20. The van der Waals surface area contributed by atoms with E-state index in [4.69, 9.17) is 16.3 Å². The van der Waals surface area contributed by atoms with Gasteiger partial charge in [-0.05, 0) is 36.2 Å². The first kappa shape index (κ1) is 16.6. The van der Waals surface area contributed by atoms with E-state index in [2.05, 4.69) is 26.6 Å². The van der Waals surface area contributed by atoms with Gasteiger partial charge in [-0.2, -0.15) is 0 Å². The molecule has 0 aliphatic heterocycles. The van der Waals surface area contributed by atoms with Gasteiger partial charge in [0.1, 0.15) is 5.75 Å². The summed E-state index contributed by atoms with van der Waals surface area (Å²) in [5, 5.41) is 6.16. The number of hydrogen-bond acceptors (Lipinski definition) is 2. The molecule has 2 aromatic rings. The highest BCUT2D eigenvalue weighted by Crippen LogP contribution is 2.30. The van der Waals surface area contributed by atoms with Crippen molar-refractivity contribution in [1.29, 1.82) is 0 Å². The van der Waals surface area contributed by atoms with E-state index in [0.29, 0.717) is 23.0 Å². The molecular weight excluding hydrogens is 368 g/mol. The van der Waals surface area contributed by atoms with Crippen molar-refractivity contribution in [3.05, 3.63) is 57.0 Å². The summed E-state index contributed by atoms with van der Waals surface area (Å²) in [6.07, 6.45) is 0. The largest absolute Gasteiger partial charge is 0.495 e. The van der Waals surface area contributed by atoms with Gasteiger partial charge in [0.25, 0.3) is 0 Å². The smallest absolute Gasteiger partial charge is 0.319 e. The van der Waals surface area contributed by atoms with Crippen molar-refractivity contribution in [1.82, 2.24) is 5.32 Å². The Morgan fingerprint density at radius 3 is 2.77 bits per heavy atom. The second-order valence-electron chi connectivity index (χ2n) is 4.74. The third-order valence-corrected chi connectivity index (χ3v) is 3.97. The lowest BCUT2D eigenvalue weighted by atomic mass is 10.2. The molecule has 2 aromatic carbocycles. The number of methoxy groups -OCH3 is 1. The number of benzene rings is 2. The van der Waals surface area contributed by atoms with Gasteiger partial charge in [-0.1, -0.05) is 39.7 Å². The molecule has 0 unspecified atom stereocenters. The first-order valence-corrected chi connectivity index (χ1v) is 7.80. The number of halogens is 2. The molecule has 0 heterocycles. The third kappa shape index (κ3) is 4.39. The summed E-state index contributed by atoms with van der Waals surface area (Å²) in [6, 6.07) is 10.9. The van der Waals surface area contributed by atoms with Crippen molar-refractivity contribution in [3.63, 3.8) is 0 Å². The Hall–Kier alpha value is -1.72. The lowest BCUT2D eigenvalue weighted by Crippen LogP contribution is -2.28. The highest BCUT2D eigenvalue weighted by molar-refractivity contribution is 9.10. The summed E-state index contributed by atoms with van der Waals surface area (Å²) in [5.41, 5.74) is 2.45. The molecule has 0 aliphatic rings. The van der Waals surface area contributed by atoms with E-state index < -0.39 is 0 Å². The molecule has 0 saturated heterocycles. The lowest BCUT2D eigenvalue weighted by Gasteiger charge is -2.13. The standard InChI is InChI=1S/C16H16BrClN2O2/c1-10-6-14(15(22-2)8-13(10)18)20-16(21)19-9-11-4-3-5-12(17)7-11/h3-8H,9H2,1-2H3,(H2,19,20,21). The molecule has 4 nitrogen and oxygen atoms in total. The van der Waals surface area contributed by atoms with Crippen LogP contribution in [0.1, 0.15) is 11.1 Å². The second kappa shape index (κ2) is 7.51. The number of rotatable bonds is 4. The van der Waals surface area contributed by atoms with Gasteiger partial charge in [-0.3, -0.25) is 0 Å². The molecule has 0 spiro atoms. The number of carbonyl (C=O) groups is 1. The Balaban J connectivity index is 2.01. The highest BCUT2D eigenvalue weighted by atomic mass is 79.9. The van der Waals surface area contributed by atoms with E-state index in [0.717, 1.165) is 15.6 Å². The maximum Gasteiger partial charge on any atom is 0.319 e. The molecule has 0 aromatic heterocycles. The van der Waals surface area contributed by atoms with Crippen LogP contribution in [-0.2, 0) is 6.54 Å². The number of aryl methyl sites for hydroxylation is 1. The molecule has 2 amide bonds. The van der Waals surface area contributed by atoms with Crippen LogP contribution in [0, 0.1) is 6.92 Å². The van der Waals surface area contributed by atoms with Gasteiger partial charge in [0, 0.05) is 22.1 Å². The molecule has 0 atom stereocenters. The lowest BCUT2D eigenvalue weighted by molar-refractivity contribution is 0.251. The monoisotopic (exact) mass is 382 g/mol. The van der Waals surface area contributed by atoms with Gasteiger partial charge in [0.05, 0.1) is 12.8 Å². The Morgan fingerprint density at radius 2 is 2.09 bits per heavy atom. The van der Waals surface area contributed by atoms with Crippen molar-refractivity contribution in [3.8, 4) is 5.75 Å². The molecule has 0 saturated carbocycles. The fraction of sp³-hybridized carbons (Fsp3) is 0.188. The molecule has 2 rings (SSSR count). The zero-order valence-corrected chi connectivity index (χ0v) is 14.6. The van der Waals surface area contributed by atoms with Crippen LogP contribution in [-0.4, -0.2) is 13.1 Å². The number of anilines is 1. The van der Waals surface area contributed by atoms with Crippen molar-refractivity contribution in [2.75, 3.05) is 12.4 Å². The number of urea groups is 1. The van der Waals surface area contributed by atoms with Gasteiger partial charge in [-0.25, -0.2) is 4.79 Å². The van der Waals surface area contributed by atoms with Crippen molar-refractivity contribution >= 4 is 39.2 Å². The van der Waals surface area contributed by atoms with Crippen molar-refractivity contribution < 1.29 is 9.53 Å². The second-order valence-corrected chi connectivity index (χ2v) is 6.06. The Kier molecular flexibility index (Phi) is 5.69. The van der Waals surface area contributed by atoms with Crippen LogP contribution in [0.5, 0.6) is 5.75 Å². The Bertz CT molecular complexity index is 692. The van der Waals surface area contributed by atoms with Crippen molar-refractivity contribution in [2.45, 2.75) is 13.5 Å². The molecule has 116 valence electrons. The molecule has 22 heavy (non-hydrogen) atoms. The SMILES string of the molecule is COc1cc(Cl)c(C)cc1NC(=O)NCc1cccc(Br)c1. The summed E-state index contributed by atoms with van der Waals surface area (Å²) in [7, 11) is 1.53. The Labute approximate surface area is 142 Å². The summed E-state index contributed by atoms with van der Waals surface area (Å²) in [5.74, 6) is 0.521. The summed E-state index contributed by atoms with van der Waals surface area (Å²) in [6.45, 7) is 2.30. The van der Waals surface area contributed by atoms with E-state index >= 15 is 0 Å². The van der Waals surface area contributed by atoms with Gasteiger partial charge in [0.2, 0.25) is 0 Å². The first-order valence-electron chi connectivity index (χ1n) is 6.63. The quantitative estimate of drug-likeness (QED) is 0.801. The van der Waals surface area contributed by atoms with Crippen LogP contribution in [0.2, 0.25) is 5.02 Å². The van der Waals surface area contributed by atoms with E-state index in [1.165, 1.54) is 7.11 Å². The predicted octanol–water partition coefficient (Wildman–Crippen LogP) is 4.74. The average molecular weight is 384 g/mol. The zero-order chi connectivity index (χ0) is 16.1. The molecule has 0 radical (unpaired) electrons. The molecule has 0 bridgehead atoms. The number of nitrogens with one attached hydrogen (secondary N) is 2. The predicted molar refractivity (Wildman–Crippen MR) is 92.7 cm³/mol. The minimum Gasteiger partial charge on any atom is -0.495 e. The van der Waals surface area contributed by atoms with Gasteiger partial charge in [-0.15, -0.1) is 0 Å². The van der Waals surface area contributed by atoms with E-state index in [1.807, 2.05) is 31.2 Å². The maximum absolute atomic E-state index is 12.0. The normalized spacial score (nSPS) is 10.2.